The number of aromatic nitrogens is 4. The van der Waals surface area contributed by atoms with Crippen LogP contribution >= 0.6 is 11.6 Å². The Morgan fingerprint density at radius 1 is 1.07 bits per heavy atom. The smallest absolute Gasteiger partial charge is 0.264 e. The van der Waals surface area contributed by atoms with Crippen molar-refractivity contribution in [3.05, 3.63) is 87.1 Å². The summed E-state index contributed by atoms with van der Waals surface area (Å²) in [6, 6.07) is 12.5. The van der Waals surface area contributed by atoms with Crippen molar-refractivity contribution in [2.24, 2.45) is 0 Å². The number of fused-ring (bicyclic) bond motifs is 1. The number of rotatable bonds is 4. The van der Waals surface area contributed by atoms with Gasteiger partial charge in [0, 0.05) is 10.6 Å². The molecule has 4 aromatic rings. The van der Waals surface area contributed by atoms with Crippen molar-refractivity contribution in [3.8, 4) is 5.69 Å². The number of aryl methyl sites for hydroxylation is 2. The van der Waals surface area contributed by atoms with E-state index in [0.717, 1.165) is 11.3 Å². The lowest BCUT2D eigenvalue weighted by atomic mass is 10.1. The first kappa shape index (κ1) is 18.1. The zero-order chi connectivity index (χ0) is 19.8. The summed E-state index contributed by atoms with van der Waals surface area (Å²) in [4.78, 5) is 29.7. The van der Waals surface area contributed by atoms with Gasteiger partial charge in [0.15, 0.2) is 11.4 Å². The summed E-state index contributed by atoms with van der Waals surface area (Å²) in [6.07, 6.45) is 2.88. The van der Waals surface area contributed by atoms with E-state index >= 15 is 0 Å². The Balaban J connectivity index is 1.70. The molecule has 0 unspecified atom stereocenters. The van der Waals surface area contributed by atoms with Gasteiger partial charge >= 0.3 is 0 Å². The lowest BCUT2D eigenvalue weighted by molar-refractivity contribution is 0.0970. The Labute approximate surface area is 166 Å². The molecule has 0 aliphatic heterocycles. The summed E-state index contributed by atoms with van der Waals surface area (Å²) in [7, 11) is 0. The minimum atomic E-state index is -0.303. The fourth-order valence-electron chi connectivity index (χ4n) is 2.99. The third-order valence-electron chi connectivity index (χ3n) is 4.77. The van der Waals surface area contributed by atoms with E-state index < -0.39 is 0 Å². The SMILES string of the molecule is Cc1ccc(-n2ncc3c(=O)n(CC(=O)c4ccc(Cl)cc4)cnc32)cc1C. The molecule has 4 rings (SSSR count). The molecule has 0 bridgehead atoms. The van der Waals surface area contributed by atoms with E-state index in [0.29, 0.717) is 21.6 Å². The molecule has 6 nitrogen and oxygen atoms in total. The number of benzene rings is 2. The molecule has 0 radical (unpaired) electrons. The maximum Gasteiger partial charge on any atom is 0.264 e. The third-order valence-corrected chi connectivity index (χ3v) is 5.02. The van der Waals surface area contributed by atoms with E-state index in [1.807, 2.05) is 32.0 Å². The normalized spacial score (nSPS) is 11.1. The van der Waals surface area contributed by atoms with Crippen LogP contribution in [0.3, 0.4) is 0 Å². The highest BCUT2D eigenvalue weighted by Gasteiger charge is 2.14. The highest BCUT2D eigenvalue weighted by atomic mass is 35.5. The van der Waals surface area contributed by atoms with Gasteiger partial charge in [0.2, 0.25) is 0 Å². The van der Waals surface area contributed by atoms with Crippen molar-refractivity contribution < 1.29 is 4.79 Å². The Kier molecular flexibility index (Phi) is 4.57. The van der Waals surface area contributed by atoms with Crippen molar-refractivity contribution in [1.29, 1.82) is 0 Å². The van der Waals surface area contributed by atoms with Crippen LogP contribution in [0, 0.1) is 13.8 Å². The molecule has 0 aliphatic carbocycles. The van der Waals surface area contributed by atoms with Crippen LogP contribution in [0.2, 0.25) is 5.02 Å². The number of Topliss-reactive ketones (excluding diaryl/α,β-unsaturated/α-hetero) is 1. The monoisotopic (exact) mass is 392 g/mol. The third kappa shape index (κ3) is 3.23. The zero-order valence-electron chi connectivity index (χ0n) is 15.4. The predicted molar refractivity (Wildman–Crippen MR) is 108 cm³/mol. The fraction of sp³-hybridized carbons (Fsp3) is 0.143. The summed E-state index contributed by atoms with van der Waals surface area (Å²) < 4.78 is 2.93. The minimum absolute atomic E-state index is 0.0990. The largest absolute Gasteiger partial charge is 0.292 e. The number of carbonyl (C=O) groups excluding carboxylic acids is 1. The van der Waals surface area contributed by atoms with Gasteiger partial charge in [0.05, 0.1) is 18.4 Å². The number of nitrogens with zero attached hydrogens (tertiary/aromatic N) is 4. The van der Waals surface area contributed by atoms with Gasteiger partial charge in [-0.2, -0.15) is 5.10 Å². The van der Waals surface area contributed by atoms with Crippen LogP contribution in [0.1, 0.15) is 21.5 Å². The van der Waals surface area contributed by atoms with Crippen LogP contribution in [0.4, 0.5) is 0 Å². The second-order valence-corrected chi connectivity index (χ2v) is 7.11. The average Bonchev–Trinajstić information content (AvgIpc) is 3.11. The molecule has 2 aromatic carbocycles. The molecule has 7 heteroatoms. The maximum atomic E-state index is 12.8. The molecule has 0 aliphatic rings. The van der Waals surface area contributed by atoms with Crippen molar-refractivity contribution in [1.82, 2.24) is 19.3 Å². The Morgan fingerprint density at radius 2 is 1.82 bits per heavy atom. The van der Waals surface area contributed by atoms with Crippen LogP contribution in [-0.2, 0) is 6.54 Å². The zero-order valence-corrected chi connectivity index (χ0v) is 16.1. The van der Waals surface area contributed by atoms with Crippen molar-refractivity contribution in [2.45, 2.75) is 20.4 Å². The minimum Gasteiger partial charge on any atom is -0.292 e. The first-order chi connectivity index (χ1) is 13.4. The van der Waals surface area contributed by atoms with Gasteiger partial charge < -0.3 is 0 Å². The van der Waals surface area contributed by atoms with Crippen LogP contribution in [-0.4, -0.2) is 25.1 Å². The van der Waals surface area contributed by atoms with Gasteiger partial charge in [-0.3, -0.25) is 14.2 Å². The van der Waals surface area contributed by atoms with E-state index in [9.17, 15) is 9.59 Å². The molecule has 140 valence electrons. The number of ketones is 1. The molecule has 0 atom stereocenters. The molecule has 0 N–H and O–H groups in total. The lowest BCUT2D eigenvalue weighted by Gasteiger charge is -2.07. The van der Waals surface area contributed by atoms with Crippen molar-refractivity contribution in [3.63, 3.8) is 0 Å². The molecule has 28 heavy (non-hydrogen) atoms. The number of halogens is 1. The highest BCUT2D eigenvalue weighted by Crippen LogP contribution is 2.17. The van der Waals surface area contributed by atoms with Crippen LogP contribution in [0.25, 0.3) is 16.7 Å². The van der Waals surface area contributed by atoms with Gasteiger partial charge in [-0.05, 0) is 61.4 Å². The quantitative estimate of drug-likeness (QED) is 0.496. The second-order valence-electron chi connectivity index (χ2n) is 6.67. The van der Waals surface area contributed by atoms with Crippen molar-refractivity contribution >= 4 is 28.4 Å². The number of carbonyl (C=O) groups is 1. The molecule has 0 amide bonds. The first-order valence-corrected chi connectivity index (χ1v) is 9.11. The number of hydrogen-bond acceptors (Lipinski definition) is 4. The maximum absolute atomic E-state index is 12.8. The molecule has 2 heterocycles. The molecule has 0 saturated carbocycles. The van der Waals surface area contributed by atoms with Gasteiger partial charge in [0.1, 0.15) is 11.7 Å². The van der Waals surface area contributed by atoms with Gasteiger partial charge in [-0.1, -0.05) is 17.7 Å². The fourth-order valence-corrected chi connectivity index (χ4v) is 3.12. The molecular weight excluding hydrogens is 376 g/mol. The lowest BCUT2D eigenvalue weighted by Crippen LogP contribution is -2.24. The van der Waals surface area contributed by atoms with Crippen LogP contribution in [0.15, 0.2) is 59.8 Å². The highest BCUT2D eigenvalue weighted by molar-refractivity contribution is 6.30. The summed E-state index contributed by atoms with van der Waals surface area (Å²) in [5.74, 6) is -0.193. The molecular formula is C21H17ClN4O2. The Bertz CT molecular complexity index is 1260. The summed E-state index contributed by atoms with van der Waals surface area (Å²) >= 11 is 5.85. The van der Waals surface area contributed by atoms with Gasteiger partial charge in [-0.15, -0.1) is 0 Å². The van der Waals surface area contributed by atoms with E-state index in [1.165, 1.54) is 22.7 Å². The Morgan fingerprint density at radius 3 is 2.54 bits per heavy atom. The molecule has 2 aromatic heterocycles. The topological polar surface area (TPSA) is 69.8 Å². The second kappa shape index (κ2) is 7.05. The van der Waals surface area contributed by atoms with Gasteiger partial charge in [-0.25, -0.2) is 9.67 Å². The summed E-state index contributed by atoms with van der Waals surface area (Å²) in [6.45, 7) is 3.96. The van der Waals surface area contributed by atoms with Crippen molar-refractivity contribution in [2.75, 3.05) is 0 Å². The average molecular weight is 393 g/mol. The van der Waals surface area contributed by atoms with Crippen LogP contribution in [0.5, 0.6) is 0 Å². The summed E-state index contributed by atoms with van der Waals surface area (Å²) in [5.41, 5.74) is 3.78. The Hall–Kier alpha value is -3.25. The van der Waals surface area contributed by atoms with E-state index in [2.05, 4.69) is 10.1 Å². The standard InChI is InChI=1S/C21H17ClN4O2/c1-13-3-8-17(9-14(13)2)26-20-18(10-24-26)21(28)25(12-23-20)11-19(27)15-4-6-16(22)7-5-15/h3-10,12H,11H2,1-2H3. The summed E-state index contributed by atoms with van der Waals surface area (Å²) in [5, 5.41) is 5.24. The predicted octanol–water partition coefficient (Wildman–Crippen LogP) is 3.74. The van der Waals surface area contributed by atoms with Gasteiger partial charge in [0.25, 0.3) is 5.56 Å². The first-order valence-electron chi connectivity index (χ1n) is 8.73. The van der Waals surface area contributed by atoms with Crippen LogP contribution < -0.4 is 5.56 Å². The molecule has 0 saturated heterocycles. The van der Waals surface area contributed by atoms with E-state index in [4.69, 9.17) is 11.6 Å². The number of hydrogen-bond donors (Lipinski definition) is 0. The molecule has 0 fully saturated rings. The van der Waals surface area contributed by atoms with E-state index in [-0.39, 0.29) is 17.9 Å². The molecule has 0 spiro atoms. The van der Waals surface area contributed by atoms with E-state index in [1.54, 1.807) is 28.9 Å².